The van der Waals surface area contributed by atoms with E-state index in [1.165, 1.54) is 65.5 Å². The standard InChI is InChI=1S/C21H25.C10H9O.C6H10.2ClH.Zr/c1-20(2,3)16-7-9-18-14(12-16)11-15-13-17(21(4,5)6)8-10-19(15)18;1-8-4-5-9(7-8)10-3-2-6-11-10;1-2-4-6-5-3-1;;;/h7-10,12H,11H2,1-6H3;2-3,5-8H,1H3;1-5H2;2*1H;/q2*-1;;;;+2/p-2. The summed E-state index contributed by atoms with van der Waals surface area (Å²) in [5.74, 6) is 1.36. The van der Waals surface area contributed by atoms with Gasteiger partial charge in [0.25, 0.3) is 0 Å². The summed E-state index contributed by atoms with van der Waals surface area (Å²) in [6, 6.07) is 19.0. The van der Waals surface area contributed by atoms with Crippen LogP contribution >= 0.6 is 0 Å². The van der Waals surface area contributed by atoms with Crippen LogP contribution in [0.5, 0.6) is 0 Å². The Morgan fingerprint density at radius 2 is 1.54 bits per heavy atom. The molecule has 2 aromatic carbocycles. The summed E-state index contributed by atoms with van der Waals surface area (Å²) in [5, 5.41) is 0. The molecular formula is C37H44Cl2OZr-2. The fraction of sp³-hybridized carbons (Fsp3) is 0.432. The van der Waals surface area contributed by atoms with Crippen molar-refractivity contribution in [1.82, 2.24) is 0 Å². The molecule has 1 aromatic heterocycles. The van der Waals surface area contributed by atoms with Crippen molar-refractivity contribution < 1.29 is 53.5 Å². The van der Waals surface area contributed by atoms with E-state index in [1.807, 2.05) is 18.2 Å². The van der Waals surface area contributed by atoms with Gasteiger partial charge in [0.05, 0.1) is 12.0 Å². The summed E-state index contributed by atoms with van der Waals surface area (Å²) < 4.78 is 7.03. The summed E-state index contributed by atoms with van der Waals surface area (Å²) in [5.41, 5.74) is 9.85. The maximum atomic E-state index is 5.23. The van der Waals surface area contributed by atoms with E-state index in [2.05, 4.69) is 97.0 Å². The van der Waals surface area contributed by atoms with E-state index in [4.69, 9.17) is 4.42 Å². The minimum absolute atomic E-state index is 0. The SMILES string of the molecule is CC(C)(C)c1[c-]c2c(cc1)-c1ccc(C(C)(C)C)cc1C2.CC1[C-]=CC(c2ccco2)=C1.[Cl-].[Cl-].[Zr+2]=[C]1CCCCC1. The van der Waals surface area contributed by atoms with Crippen LogP contribution in [0.3, 0.4) is 0 Å². The first-order valence-electron chi connectivity index (χ1n) is 14.5. The molecule has 1 unspecified atom stereocenters. The molecule has 0 N–H and O–H groups in total. The number of benzene rings is 2. The molecule has 3 aromatic rings. The summed E-state index contributed by atoms with van der Waals surface area (Å²) >= 11 is 1.69. The molecule has 218 valence electrons. The third-order valence-electron chi connectivity index (χ3n) is 7.66. The Morgan fingerprint density at radius 3 is 2.05 bits per heavy atom. The number of hydrogen-bond donors (Lipinski definition) is 0. The van der Waals surface area contributed by atoms with Crippen LogP contribution in [0.2, 0.25) is 0 Å². The van der Waals surface area contributed by atoms with Crippen LogP contribution < -0.4 is 24.8 Å². The molecule has 1 atom stereocenters. The van der Waals surface area contributed by atoms with E-state index in [1.54, 1.807) is 33.7 Å². The van der Waals surface area contributed by atoms with Crippen molar-refractivity contribution in [2.45, 2.75) is 97.8 Å². The molecule has 0 spiro atoms. The Kier molecular flexibility index (Phi) is 13.3. The summed E-state index contributed by atoms with van der Waals surface area (Å²) in [6.45, 7) is 15.7. The number of fused-ring (bicyclic) bond motifs is 3. The van der Waals surface area contributed by atoms with Crippen molar-refractivity contribution in [3.63, 3.8) is 0 Å². The Morgan fingerprint density at radius 1 is 0.854 bits per heavy atom. The molecule has 0 bridgehead atoms. The molecule has 1 nitrogen and oxygen atoms in total. The number of halogens is 2. The first kappa shape index (κ1) is 35.7. The number of allylic oxidation sites excluding steroid dienone is 4. The molecule has 0 aliphatic heterocycles. The zero-order chi connectivity index (χ0) is 28.2. The monoisotopic (exact) mass is 664 g/mol. The normalized spacial score (nSPS) is 17.0. The number of hydrogen-bond acceptors (Lipinski definition) is 1. The Labute approximate surface area is 276 Å². The molecular weight excluding hydrogens is 623 g/mol. The number of furan rings is 1. The third kappa shape index (κ3) is 9.78. The van der Waals surface area contributed by atoms with Gasteiger partial charge in [-0.2, -0.15) is 29.8 Å². The van der Waals surface area contributed by atoms with Crippen LogP contribution in [0.25, 0.3) is 16.7 Å². The predicted molar refractivity (Wildman–Crippen MR) is 163 cm³/mol. The fourth-order valence-electron chi connectivity index (χ4n) is 5.19. The van der Waals surface area contributed by atoms with Crippen LogP contribution in [0, 0.1) is 18.1 Å². The van der Waals surface area contributed by atoms with Crippen molar-refractivity contribution in [2.24, 2.45) is 5.92 Å². The van der Waals surface area contributed by atoms with Crippen molar-refractivity contribution in [1.29, 1.82) is 0 Å². The second kappa shape index (κ2) is 15.3. The fourth-order valence-corrected chi connectivity index (χ4v) is 6.06. The molecule has 0 saturated heterocycles. The predicted octanol–water partition coefficient (Wildman–Crippen LogP) is 4.00. The van der Waals surface area contributed by atoms with Gasteiger partial charge >= 0.3 is 59.5 Å². The van der Waals surface area contributed by atoms with Crippen molar-refractivity contribution in [3.05, 3.63) is 101 Å². The van der Waals surface area contributed by atoms with E-state index in [0.717, 1.165) is 17.8 Å². The Hall–Kier alpha value is -1.47. The maximum absolute atomic E-state index is 5.23. The summed E-state index contributed by atoms with van der Waals surface area (Å²) in [7, 11) is 0. The molecule has 1 fully saturated rings. The van der Waals surface area contributed by atoms with Crippen LogP contribution in [-0.4, -0.2) is 3.21 Å². The van der Waals surface area contributed by atoms with Crippen molar-refractivity contribution >= 4 is 8.78 Å². The van der Waals surface area contributed by atoms with Gasteiger partial charge < -0.3 is 29.2 Å². The van der Waals surface area contributed by atoms with E-state index >= 15 is 0 Å². The van der Waals surface area contributed by atoms with Gasteiger partial charge in [0, 0.05) is 0 Å². The van der Waals surface area contributed by atoms with Crippen molar-refractivity contribution in [2.75, 3.05) is 0 Å². The van der Waals surface area contributed by atoms with Gasteiger partial charge in [0.2, 0.25) is 0 Å². The van der Waals surface area contributed by atoms with Crippen LogP contribution in [0.15, 0.2) is 65.3 Å². The molecule has 1 saturated carbocycles. The van der Waals surface area contributed by atoms with Crippen molar-refractivity contribution in [3.8, 4) is 11.1 Å². The zero-order valence-corrected chi connectivity index (χ0v) is 29.7. The number of rotatable bonds is 1. The zero-order valence-electron chi connectivity index (χ0n) is 25.8. The first-order chi connectivity index (χ1) is 18.4. The molecule has 0 radical (unpaired) electrons. The second-order valence-corrected chi connectivity index (χ2v) is 14.9. The van der Waals surface area contributed by atoms with Crippen LogP contribution in [0.4, 0.5) is 0 Å². The van der Waals surface area contributed by atoms with Crippen LogP contribution in [-0.2, 0) is 41.5 Å². The van der Waals surface area contributed by atoms with E-state index < -0.39 is 0 Å². The quantitative estimate of drug-likeness (QED) is 0.280. The van der Waals surface area contributed by atoms with E-state index in [-0.39, 0.29) is 35.6 Å². The molecule has 1 heterocycles. The minimum atomic E-state index is 0. The Balaban J connectivity index is 0.000000246. The van der Waals surface area contributed by atoms with Gasteiger partial charge in [-0.15, -0.1) is 16.7 Å². The third-order valence-corrected chi connectivity index (χ3v) is 8.89. The first-order valence-corrected chi connectivity index (χ1v) is 15.8. The summed E-state index contributed by atoms with van der Waals surface area (Å²) in [4.78, 5) is 0. The molecule has 6 rings (SSSR count). The average molecular weight is 667 g/mol. The molecule has 4 heteroatoms. The molecule has 0 amide bonds. The van der Waals surface area contributed by atoms with E-state index in [9.17, 15) is 0 Å². The molecule has 3 aliphatic rings. The topological polar surface area (TPSA) is 13.1 Å². The van der Waals surface area contributed by atoms with Gasteiger partial charge in [-0.25, -0.2) is 6.08 Å². The summed E-state index contributed by atoms with van der Waals surface area (Å²) in [6.07, 6.45) is 17.3. The second-order valence-electron chi connectivity index (χ2n) is 13.2. The Bertz CT molecular complexity index is 1280. The van der Waals surface area contributed by atoms with Gasteiger partial charge in [-0.1, -0.05) is 78.1 Å². The van der Waals surface area contributed by atoms with Gasteiger partial charge in [-0.05, 0) is 40.5 Å². The molecule has 3 aliphatic carbocycles. The van der Waals surface area contributed by atoms with Gasteiger partial charge in [0.1, 0.15) is 0 Å². The van der Waals surface area contributed by atoms with Crippen LogP contribution in [0.1, 0.15) is 109 Å². The van der Waals surface area contributed by atoms with E-state index in [0.29, 0.717) is 5.92 Å². The molecule has 41 heavy (non-hydrogen) atoms. The van der Waals surface area contributed by atoms with Gasteiger partial charge in [0.15, 0.2) is 0 Å². The average Bonchev–Trinajstić information content (AvgIpc) is 3.63. The van der Waals surface area contributed by atoms with Gasteiger partial charge in [-0.3, -0.25) is 6.08 Å².